The number of fused-ring (bicyclic) bond motifs is 1. The molecule has 2 aliphatic carbocycles. The lowest BCUT2D eigenvalue weighted by atomic mass is 9.78. The highest BCUT2D eigenvalue weighted by atomic mass is 32.2. The summed E-state index contributed by atoms with van der Waals surface area (Å²) < 4.78 is 26.2. The number of amides is 1. The second-order valence-corrected chi connectivity index (χ2v) is 12.8. The molecule has 2 saturated heterocycles. The minimum atomic E-state index is -3.23. The third-order valence-electron chi connectivity index (χ3n) is 8.66. The predicted molar refractivity (Wildman–Crippen MR) is 127 cm³/mol. The van der Waals surface area contributed by atoms with Crippen LogP contribution in [0.2, 0.25) is 0 Å². The monoisotopic (exact) mass is 469 g/mol. The highest BCUT2D eigenvalue weighted by molar-refractivity contribution is 7.89. The standard InChI is InChI=1S/C23H43N5O3S/c1-16-6-7-19(27-9-11-28(12-10-27)32(30,31)13-8-24)15-20(16)26-23(29)21-14-18-5-3-4-17(2)22(18)25-21/h16-22,25H,3-15,24H2,1-2H3,(H,26,29). The van der Waals surface area contributed by atoms with E-state index in [1.807, 2.05) is 0 Å². The van der Waals surface area contributed by atoms with Crippen molar-refractivity contribution in [2.75, 3.05) is 38.5 Å². The molecular formula is C23H43N5O3S. The van der Waals surface area contributed by atoms with Gasteiger partial charge in [0.25, 0.3) is 0 Å². The summed E-state index contributed by atoms with van der Waals surface area (Å²) in [5.41, 5.74) is 5.46. The van der Waals surface area contributed by atoms with Crippen LogP contribution in [0.5, 0.6) is 0 Å². The Labute approximate surface area is 194 Å². The molecule has 4 aliphatic rings. The Morgan fingerprint density at radius 2 is 1.78 bits per heavy atom. The fourth-order valence-corrected chi connectivity index (χ4v) is 7.89. The lowest BCUT2D eigenvalue weighted by Gasteiger charge is -2.44. The molecule has 4 rings (SSSR count). The molecule has 0 aromatic rings. The maximum Gasteiger partial charge on any atom is 0.237 e. The van der Waals surface area contributed by atoms with Crippen LogP contribution in [-0.2, 0) is 14.8 Å². The molecule has 7 atom stereocenters. The molecule has 32 heavy (non-hydrogen) atoms. The number of rotatable bonds is 6. The van der Waals surface area contributed by atoms with Crippen LogP contribution in [0.1, 0.15) is 58.8 Å². The molecule has 0 spiro atoms. The number of carbonyl (C=O) groups is 1. The number of nitrogens with one attached hydrogen (secondary N) is 2. The summed E-state index contributed by atoms with van der Waals surface area (Å²) in [5.74, 6) is 2.00. The Kier molecular flexibility index (Phi) is 7.82. The molecular weight excluding hydrogens is 426 g/mol. The molecule has 0 aromatic heterocycles. The summed E-state index contributed by atoms with van der Waals surface area (Å²) in [5, 5.41) is 7.06. The Balaban J connectivity index is 1.29. The lowest BCUT2D eigenvalue weighted by Crippen LogP contribution is -2.57. The molecule has 8 nitrogen and oxygen atoms in total. The summed E-state index contributed by atoms with van der Waals surface area (Å²) in [7, 11) is -3.23. The van der Waals surface area contributed by atoms with Crippen molar-refractivity contribution in [3.8, 4) is 0 Å². The van der Waals surface area contributed by atoms with E-state index in [0.29, 0.717) is 42.9 Å². The van der Waals surface area contributed by atoms with E-state index >= 15 is 0 Å². The van der Waals surface area contributed by atoms with Crippen molar-refractivity contribution in [3.05, 3.63) is 0 Å². The van der Waals surface area contributed by atoms with Crippen LogP contribution in [0.3, 0.4) is 0 Å². The summed E-state index contributed by atoms with van der Waals surface area (Å²) in [6.07, 6.45) is 7.96. The first kappa shape index (κ1) is 24.4. The van der Waals surface area contributed by atoms with Gasteiger partial charge in [-0.25, -0.2) is 8.42 Å². The highest BCUT2D eigenvalue weighted by Crippen LogP contribution is 2.37. The van der Waals surface area contributed by atoms with Crippen molar-refractivity contribution in [1.29, 1.82) is 0 Å². The van der Waals surface area contributed by atoms with E-state index in [-0.39, 0.29) is 30.3 Å². The molecule has 4 N–H and O–H groups in total. The van der Waals surface area contributed by atoms with Crippen molar-refractivity contribution < 1.29 is 13.2 Å². The van der Waals surface area contributed by atoms with Gasteiger partial charge in [-0.1, -0.05) is 20.3 Å². The molecule has 1 amide bonds. The van der Waals surface area contributed by atoms with Gasteiger partial charge in [0.2, 0.25) is 15.9 Å². The van der Waals surface area contributed by atoms with Gasteiger partial charge >= 0.3 is 0 Å². The normalized spacial score (nSPS) is 39.5. The average molecular weight is 470 g/mol. The van der Waals surface area contributed by atoms with E-state index in [0.717, 1.165) is 38.8 Å². The molecule has 0 bridgehead atoms. The van der Waals surface area contributed by atoms with Crippen molar-refractivity contribution in [2.45, 2.75) is 83.0 Å². The van der Waals surface area contributed by atoms with Crippen LogP contribution in [0, 0.1) is 17.8 Å². The Bertz CT molecular complexity index is 755. The van der Waals surface area contributed by atoms with Crippen LogP contribution in [-0.4, -0.2) is 86.2 Å². The molecule has 0 aromatic carbocycles. The molecule has 2 aliphatic heterocycles. The molecule has 0 radical (unpaired) electrons. The number of nitrogens with zero attached hydrogens (tertiary/aromatic N) is 2. The van der Waals surface area contributed by atoms with E-state index < -0.39 is 10.0 Å². The van der Waals surface area contributed by atoms with Gasteiger partial charge in [-0.2, -0.15) is 4.31 Å². The van der Waals surface area contributed by atoms with Gasteiger partial charge in [-0.05, 0) is 56.3 Å². The second kappa shape index (κ2) is 10.3. The van der Waals surface area contributed by atoms with E-state index in [4.69, 9.17) is 5.73 Å². The molecule has 4 fully saturated rings. The zero-order valence-electron chi connectivity index (χ0n) is 19.8. The zero-order valence-corrected chi connectivity index (χ0v) is 20.7. The molecule has 9 heteroatoms. The lowest BCUT2D eigenvalue weighted by molar-refractivity contribution is -0.124. The van der Waals surface area contributed by atoms with Crippen molar-refractivity contribution in [1.82, 2.24) is 19.8 Å². The number of piperazine rings is 1. The third kappa shape index (κ3) is 5.32. The Morgan fingerprint density at radius 1 is 1.03 bits per heavy atom. The zero-order chi connectivity index (χ0) is 22.9. The number of hydrogen-bond donors (Lipinski definition) is 3. The largest absolute Gasteiger partial charge is 0.352 e. The summed E-state index contributed by atoms with van der Waals surface area (Å²) >= 11 is 0. The maximum absolute atomic E-state index is 13.1. The second-order valence-electron chi connectivity index (χ2n) is 10.7. The first-order valence-electron chi connectivity index (χ1n) is 12.8. The van der Waals surface area contributed by atoms with Gasteiger partial charge in [-0.15, -0.1) is 0 Å². The molecule has 7 unspecified atom stereocenters. The number of sulfonamides is 1. The van der Waals surface area contributed by atoms with E-state index in [9.17, 15) is 13.2 Å². The Morgan fingerprint density at radius 3 is 2.47 bits per heavy atom. The highest BCUT2D eigenvalue weighted by Gasteiger charge is 2.42. The van der Waals surface area contributed by atoms with Crippen molar-refractivity contribution >= 4 is 15.9 Å². The van der Waals surface area contributed by atoms with Crippen LogP contribution < -0.4 is 16.4 Å². The van der Waals surface area contributed by atoms with E-state index in [1.54, 1.807) is 4.31 Å². The minimum Gasteiger partial charge on any atom is -0.352 e. The first-order valence-corrected chi connectivity index (χ1v) is 14.4. The van der Waals surface area contributed by atoms with Crippen LogP contribution in [0.4, 0.5) is 0 Å². The van der Waals surface area contributed by atoms with Gasteiger partial charge < -0.3 is 16.4 Å². The van der Waals surface area contributed by atoms with Gasteiger partial charge in [0, 0.05) is 50.8 Å². The van der Waals surface area contributed by atoms with Crippen molar-refractivity contribution in [2.24, 2.45) is 23.5 Å². The van der Waals surface area contributed by atoms with Crippen LogP contribution >= 0.6 is 0 Å². The average Bonchev–Trinajstić information content (AvgIpc) is 3.21. The molecule has 2 saturated carbocycles. The molecule has 184 valence electrons. The van der Waals surface area contributed by atoms with Gasteiger partial charge in [-0.3, -0.25) is 9.69 Å². The van der Waals surface area contributed by atoms with Gasteiger partial charge in [0.15, 0.2) is 0 Å². The van der Waals surface area contributed by atoms with Gasteiger partial charge in [0.05, 0.1) is 11.8 Å². The first-order chi connectivity index (χ1) is 15.3. The fourth-order valence-electron chi connectivity index (χ4n) is 6.62. The predicted octanol–water partition coefficient (Wildman–Crippen LogP) is 0.733. The van der Waals surface area contributed by atoms with Gasteiger partial charge in [0.1, 0.15) is 0 Å². The number of carbonyl (C=O) groups excluding carboxylic acids is 1. The Hall–Kier alpha value is -0.740. The van der Waals surface area contributed by atoms with E-state index in [1.165, 1.54) is 19.3 Å². The maximum atomic E-state index is 13.1. The summed E-state index contributed by atoms with van der Waals surface area (Å²) in [6, 6.07) is 1.06. The number of hydrogen-bond acceptors (Lipinski definition) is 6. The van der Waals surface area contributed by atoms with E-state index in [2.05, 4.69) is 29.4 Å². The fraction of sp³-hybridized carbons (Fsp3) is 0.957. The third-order valence-corrected chi connectivity index (χ3v) is 10.6. The van der Waals surface area contributed by atoms with Crippen molar-refractivity contribution in [3.63, 3.8) is 0 Å². The topological polar surface area (TPSA) is 108 Å². The quantitative estimate of drug-likeness (QED) is 0.529. The SMILES string of the molecule is CC1CCC(N2CCN(S(=O)(=O)CCN)CC2)CC1NC(=O)C1CC2CCCC(C)C2N1. The smallest absolute Gasteiger partial charge is 0.237 e. The minimum absolute atomic E-state index is 0.0255. The number of nitrogens with two attached hydrogens (primary N) is 1. The molecule has 2 heterocycles. The van der Waals surface area contributed by atoms with Crippen LogP contribution in [0.15, 0.2) is 0 Å². The van der Waals surface area contributed by atoms with Crippen LogP contribution in [0.25, 0.3) is 0 Å². The summed E-state index contributed by atoms with van der Waals surface area (Å²) in [6.45, 7) is 7.34. The summed E-state index contributed by atoms with van der Waals surface area (Å²) in [4.78, 5) is 15.6.